The molecule has 1 aliphatic heterocycles. The zero-order valence-corrected chi connectivity index (χ0v) is 22.4. The zero-order valence-electron chi connectivity index (χ0n) is 22.4. The molecule has 5 N–H and O–H groups in total. The second-order valence-electron chi connectivity index (χ2n) is 10.4. The Hall–Kier alpha value is -3.41. The molecule has 0 radical (unpaired) electrons. The second kappa shape index (κ2) is 12.8. The molecule has 0 bridgehead atoms. The van der Waals surface area contributed by atoms with Gasteiger partial charge in [0.2, 0.25) is 0 Å². The quantitative estimate of drug-likeness (QED) is 0.237. The van der Waals surface area contributed by atoms with Gasteiger partial charge in [0.15, 0.2) is 11.6 Å². The van der Waals surface area contributed by atoms with Crippen molar-refractivity contribution >= 4 is 22.6 Å². The molecule has 8 nitrogen and oxygen atoms in total. The molecular weight excluding hydrogens is 525 g/mol. The number of piperidine rings is 1. The summed E-state index contributed by atoms with van der Waals surface area (Å²) in [6.45, 7) is 2.17. The highest BCUT2D eigenvalue weighted by Crippen LogP contribution is 2.42. The van der Waals surface area contributed by atoms with E-state index in [-0.39, 0.29) is 25.2 Å². The number of aromatic nitrogens is 1. The summed E-state index contributed by atoms with van der Waals surface area (Å²) in [5.74, 6) is -3.50. The number of nitrogens with one attached hydrogen (secondary N) is 1. The maximum atomic E-state index is 13.9. The minimum atomic E-state index is -1.25. The van der Waals surface area contributed by atoms with Crippen LogP contribution in [0.1, 0.15) is 49.3 Å². The van der Waals surface area contributed by atoms with Crippen LogP contribution < -0.4 is 15.8 Å². The van der Waals surface area contributed by atoms with Gasteiger partial charge in [0.05, 0.1) is 30.8 Å². The number of pyridine rings is 1. The molecule has 0 unspecified atom stereocenters. The van der Waals surface area contributed by atoms with E-state index in [1.165, 1.54) is 0 Å². The standard InChI is InChI=1S/C29H35F3N4O4/c1-40-20-2-3-23-21(14-20)27(18(16-33)17-35-23)25(37)4-5-29(15-26(38)39)6-9-36(10-7-29)11-8-34-24-13-19(30)12-22(31)28(24)32/h2-3,12-14,17,25,34,37H,4-11,15-16,33H2,1H3,(H,38,39)/t25-/m1/s1. The van der Waals surface area contributed by atoms with Crippen LogP contribution in [0.4, 0.5) is 18.9 Å². The largest absolute Gasteiger partial charge is 0.497 e. The van der Waals surface area contributed by atoms with E-state index in [0.29, 0.717) is 68.2 Å². The normalized spacial score (nSPS) is 16.1. The van der Waals surface area contributed by atoms with Gasteiger partial charge in [-0.25, -0.2) is 13.2 Å². The second-order valence-corrected chi connectivity index (χ2v) is 10.4. The van der Waals surface area contributed by atoms with Crippen molar-refractivity contribution in [2.24, 2.45) is 11.1 Å². The van der Waals surface area contributed by atoms with Crippen molar-refractivity contribution in [3.63, 3.8) is 0 Å². The smallest absolute Gasteiger partial charge is 0.303 e. The maximum absolute atomic E-state index is 13.9. The average Bonchev–Trinajstić information content (AvgIpc) is 2.94. The molecule has 2 heterocycles. The third kappa shape index (κ3) is 6.83. The Bertz CT molecular complexity index is 1340. The van der Waals surface area contributed by atoms with Crippen molar-refractivity contribution in [3.05, 3.63) is 65.1 Å². The number of rotatable bonds is 12. The van der Waals surface area contributed by atoms with E-state index in [9.17, 15) is 28.2 Å². The molecule has 3 aromatic rings. The van der Waals surface area contributed by atoms with E-state index in [4.69, 9.17) is 10.5 Å². The van der Waals surface area contributed by atoms with Crippen LogP contribution in [0.15, 0.2) is 36.5 Å². The number of nitrogens with two attached hydrogens (primary N) is 1. The first-order chi connectivity index (χ1) is 19.1. The fraction of sp³-hybridized carbons (Fsp3) is 0.448. The van der Waals surface area contributed by atoms with Crippen LogP contribution in [0.5, 0.6) is 5.75 Å². The number of ether oxygens (including phenoxy) is 1. The lowest BCUT2D eigenvalue weighted by atomic mass is 9.71. The van der Waals surface area contributed by atoms with Gasteiger partial charge in [-0.1, -0.05) is 0 Å². The van der Waals surface area contributed by atoms with Crippen LogP contribution >= 0.6 is 0 Å². The van der Waals surface area contributed by atoms with Gasteiger partial charge < -0.3 is 30.9 Å². The van der Waals surface area contributed by atoms with E-state index in [2.05, 4.69) is 15.2 Å². The molecule has 1 atom stereocenters. The van der Waals surface area contributed by atoms with Crippen LogP contribution in [0.25, 0.3) is 10.9 Å². The topological polar surface area (TPSA) is 121 Å². The van der Waals surface area contributed by atoms with Gasteiger partial charge in [-0.2, -0.15) is 0 Å². The van der Waals surface area contributed by atoms with Crippen molar-refractivity contribution in [2.75, 3.05) is 38.6 Å². The molecule has 2 aromatic carbocycles. The van der Waals surface area contributed by atoms with Crippen LogP contribution in [0.2, 0.25) is 0 Å². The Kier molecular flexibility index (Phi) is 9.49. The highest BCUT2D eigenvalue weighted by molar-refractivity contribution is 5.85. The number of fused-ring (bicyclic) bond motifs is 1. The molecule has 0 spiro atoms. The summed E-state index contributed by atoms with van der Waals surface area (Å²) in [4.78, 5) is 18.4. The first kappa shape index (κ1) is 29.6. The molecule has 11 heteroatoms. The maximum Gasteiger partial charge on any atom is 0.303 e. The van der Waals surface area contributed by atoms with E-state index in [0.717, 1.165) is 17.0 Å². The van der Waals surface area contributed by atoms with Crippen molar-refractivity contribution in [2.45, 2.75) is 44.8 Å². The van der Waals surface area contributed by atoms with E-state index in [1.807, 2.05) is 12.1 Å². The number of carboxylic acid groups (broad SMARTS) is 1. The number of hydrogen-bond donors (Lipinski definition) is 4. The minimum absolute atomic E-state index is 0.0196. The summed E-state index contributed by atoms with van der Waals surface area (Å²) in [6, 6.07) is 6.85. The van der Waals surface area contributed by atoms with Crippen molar-refractivity contribution in [1.82, 2.24) is 9.88 Å². The Labute approximate surface area is 231 Å². The highest BCUT2D eigenvalue weighted by atomic mass is 19.2. The summed E-state index contributed by atoms with van der Waals surface area (Å²) in [6.07, 6.45) is 2.82. The molecule has 1 aliphatic rings. The molecule has 0 amide bonds. The Morgan fingerprint density at radius 2 is 1.98 bits per heavy atom. The van der Waals surface area contributed by atoms with Crippen molar-refractivity contribution < 1.29 is 32.9 Å². The number of likely N-dealkylation sites (tertiary alicyclic amines) is 1. The summed E-state index contributed by atoms with van der Waals surface area (Å²) >= 11 is 0. The van der Waals surface area contributed by atoms with Crippen LogP contribution in [-0.2, 0) is 11.3 Å². The van der Waals surface area contributed by atoms with Crippen LogP contribution in [-0.4, -0.2) is 59.4 Å². The highest BCUT2D eigenvalue weighted by Gasteiger charge is 2.37. The Morgan fingerprint density at radius 1 is 1.23 bits per heavy atom. The molecule has 1 saturated heterocycles. The van der Waals surface area contributed by atoms with Gasteiger partial charge in [-0.3, -0.25) is 9.78 Å². The number of aliphatic carboxylic acids is 1. The lowest BCUT2D eigenvalue weighted by Gasteiger charge is -2.41. The van der Waals surface area contributed by atoms with Gasteiger partial charge in [0.1, 0.15) is 11.6 Å². The third-order valence-corrected chi connectivity index (χ3v) is 7.88. The van der Waals surface area contributed by atoms with E-state index < -0.39 is 34.9 Å². The molecule has 0 saturated carbocycles. The Morgan fingerprint density at radius 3 is 2.65 bits per heavy atom. The third-order valence-electron chi connectivity index (χ3n) is 7.88. The fourth-order valence-electron chi connectivity index (χ4n) is 5.62. The predicted molar refractivity (Wildman–Crippen MR) is 146 cm³/mol. The molecular formula is C29H35F3N4O4. The Balaban J connectivity index is 1.41. The molecule has 0 aliphatic carbocycles. The van der Waals surface area contributed by atoms with Gasteiger partial charge in [-0.15, -0.1) is 0 Å². The molecule has 1 fully saturated rings. The first-order valence-electron chi connectivity index (χ1n) is 13.3. The number of halogens is 3. The number of anilines is 1. The summed E-state index contributed by atoms with van der Waals surface area (Å²) in [5, 5.41) is 24.5. The number of hydrogen-bond acceptors (Lipinski definition) is 7. The van der Waals surface area contributed by atoms with Gasteiger partial charge in [-0.05, 0) is 73.5 Å². The monoisotopic (exact) mass is 560 g/mol. The average molecular weight is 561 g/mol. The van der Waals surface area contributed by atoms with Gasteiger partial charge in [0.25, 0.3) is 0 Å². The number of nitrogens with zero attached hydrogens (tertiary/aromatic N) is 2. The number of carboxylic acids is 1. The molecule has 40 heavy (non-hydrogen) atoms. The fourth-order valence-corrected chi connectivity index (χ4v) is 5.62. The lowest BCUT2D eigenvalue weighted by molar-refractivity contribution is -0.141. The van der Waals surface area contributed by atoms with Crippen LogP contribution in [0.3, 0.4) is 0 Å². The summed E-state index contributed by atoms with van der Waals surface area (Å²) in [5.41, 5.74) is 7.34. The zero-order chi connectivity index (χ0) is 28.9. The van der Waals surface area contributed by atoms with E-state index in [1.54, 1.807) is 19.4 Å². The van der Waals surface area contributed by atoms with E-state index >= 15 is 0 Å². The van der Waals surface area contributed by atoms with Crippen molar-refractivity contribution in [3.8, 4) is 5.75 Å². The van der Waals surface area contributed by atoms with Gasteiger partial charge in [0, 0.05) is 43.4 Å². The number of methoxy groups -OCH3 is 1. The number of benzene rings is 2. The molecule has 216 valence electrons. The first-order valence-corrected chi connectivity index (χ1v) is 13.3. The van der Waals surface area contributed by atoms with Crippen LogP contribution in [0, 0.1) is 22.9 Å². The summed E-state index contributed by atoms with van der Waals surface area (Å²) < 4.78 is 46.2. The van der Waals surface area contributed by atoms with Gasteiger partial charge >= 0.3 is 5.97 Å². The van der Waals surface area contributed by atoms with Crippen molar-refractivity contribution in [1.29, 1.82) is 0 Å². The predicted octanol–water partition coefficient (Wildman–Crippen LogP) is 4.60. The number of carbonyl (C=O) groups is 1. The lowest BCUT2D eigenvalue weighted by Crippen LogP contribution is -2.43. The SMILES string of the molecule is COc1ccc2ncc(CN)c([C@H](O)CCC3(CC(=O)O)CCN(CCNc4cc(F)cc(F)c4F)CC3)c2c1. The minimum Gasteiger partial charge on any atom is -0.497 e. The number of aliphatic hydroxyl groups excluding tert-OH is 1. The molecule has 4 rings (SSSR count). The number of aliphatic hydroxyl groups is 1. The summed E-state index contributed by atoms with van der Waals surface area (Å²) in [7, 11) is 1.56. The molecule has 1 aromatic heterocycles.